The Bertz CT molecular complexity index is 883. The van der Waals surface area contributed by atoms with Crippen LogP contribution >= 0.6 is 11.6 Å². The van der Waals surface area contributed by atoms with Crippen LogP contribution in [0.4, 0.5) is 18.9 Å². The summed E-state index contributed by atoms with van der Waals surface area (Å²) in [5.74, 6) is -2.18. The lowest BCUT2D eigenvalue weighted by atomic mass is 10.1. The minimum atomic E-state index is -4.62. The van der Waals surface area contributed by atoms with Gasteiger partial charge in [0.1, 0.15) is 11.3 Å². The lowest BCUT2D eigenvalue weighted by molar-refractivity contribution is -0.386. The van der Waals surface area contributed by atoms with Crippen LogP contribution in [0.1, 0.15) is 28.4 Å². The van der Waals surface area contributed by atoms with Crippen LogP contribution in [-0.4, -0.2) is 16.0 Å². The van der Waals surface area contributed by atoms with Crippen LogP contribution in [0, 0.1) is 10.1 Å². The van der Waals surface area contributed by atoms with Crippen molar-refractivity contribution in [3.05, 3.63) is 62.2 Å². The summed E-state index contributed by atoms with van der Waals surface area (Å²) in [4.78, 5) is 21.7. The number of alkyl halides is 3. The van der Waals surface area contributed by atoms with Crippen molar-refractivity contribution < 1.29 is 32.7 Å². The molecule has 0 aromatic heterocycles. The van der Waals surface area contributed by atoms with Crippen molar-refractivity contribution in [2.75, 3.05) is 0 Å². The Morgan fingerprint density at radius 3 is 2.42 bits per heavy atom. The summed E-state index contributed by atoms with van der Waals surface area (Å²) in [6.45, 7) is 1.65. The summed E-state index contributed by atoms with van der Waals surface area (Å²) in [6.07, 6.45) is -4.36. The molecular formula is C16H11ClF3NO5. The van der Waals surface area contributed by atoms with E-state index >= 15 is 0 Å². The largest absolute Gasteiger partial charge is 0.477 e. The maximum absolute atomic E-state index is 12.7. The van der Waals surface area contributed by atoms with Gasteiger partial charge in [0.15, 0.2) is 0 Å². The molecule has 0 atom stereocenters. The van der Waals surface area contributed by atoms with Crippen LogP contribution in [0.2, 0.25) is 5.02 Å². The van der Waals surface area contributed by atoms with Crippen molar-refractivity contribution in [3.63, 3.8) is 0 Å². The van der Waals surface area contributed by atoms with E-state index in [2.05, 4.69) is 0 Å². The second kappa shape index (κ2) is 7.20. The number of ether oxygens (including phenoxy) is 1. The molecule has 0 radical (unpaired) electrons. The molecule has 26 heavy (non-hydrogen) atoms. The molecule has 10 heteroatoms. The Morgan fingerprint density at radius 1 is 1.31 bits per heavy atom. The predicted octanol–water partition coefficient (Wildman–Crippen LogP) is 5.32. The monoisotopic (exact) mass is 389 g/mol. The van der Waals surface area contributed by atoms with Gasteiger partial charge in [-0.3, -0.25) is 10.1 Å². The van der Waals surface area contributed by atoms with Crippen molar-refractivity contribution >= 4 is 23.3 Å². The first-order valence-electron chi connectivity index (χ1n) is 7.14. The Hall–Kier alpha value is -2.81. The van der Waals surface area contributed by atoms with Crippen molar-refractivity contribution in [3.8, 4) is 11.5 Å². The van der Waals surface area contributed by atoms with Gasteiger partial charge in [0.05, 0.1) is 15.5 Å². The number of aromatic carboxylic acids is 1. The van der Waals surface area contributed by atoms with Crippen LogP contribution in [0.25, 0.3) is 0 Å². The van der Waals surface area contributed by atoms with E-state index in [4.69, 9.17) is 21.4 Å². The number of carbonyl (C=O) groups is 1. The van der Waals surface area contributed by atoms with Gasteiger partial charge in [-0.1, -0.05) is 24.6 Å². The molecule has 0 spiro atoms. The van der Waals surface area contributed by atoms with E-state index in [1.807, 2.05) is 0 Å². The first-order valence-corrected chi connectivity index (χ1v) is 7.52. The number of carboxylic acids is 1. The van der Waals surface area contributed by atoms with Gasteiger partial charge in [-0.15, -0.1) is 0 Å². The van der Waals surface area contributed by atoms with Crippen molar-refractivity contribution in [1.82, 2.24) is 0 Å². The molecule has 1 N–H and O–H groups in total. The van der Waals surface area contributed by atoms with Gasteiger partial charge >= 0.3 is 17.8 Å². The molecule has 0 saturated carbocycles. The number of carboxylic acid groups (broad SMARTS) is 1. The van der Waals surface area contributed by atoms with Crippen LogP contribution in [0.15, 0.2) is 30.3 Å². The molecule has 0 heterocycles. The van der Waals surface area contributed by atoms with Crippen LogP contribution in [0.3, 0.4) is 0 Å². The number of hydrogen-bond acceptors (Lipinski definition) is 4. The molecule has 0 aliphatic heterocycles. The number of rotatable bonds is 5. The first-order chi connectivity index (χ1) is 12.1. The zero-order chi connectivity index (χ0) is 19.6. The molecule has 0 unspecified atom stereocenters. The van der Waals surface area contributed by atoms with Crippen LogP contribution in [0.5, 0.6) is 11.5 Å². The van der Waals surface area contributed by atoms with Crippen molar-refractivity contribution in [2.24, 2.45) is 0 Å². The molecular weight excluding hydrogens is 379 g/mol. The fourth-order valence-electron chi connectivity index (χ4n) is 2.23. The van der Waals surface area contributed by atoms with Gasteiger partial charge in [-0.25, -0.2) is 4.79 Å². The standard InChI is InChI=1S/C16H11ClF3NO5/c1-2-8-3-5-10(15(22)23)13(21(24)25)14(8)26-12-6-4-9(7-11(12)17)16(18,19)20/h3-7H,2H2,1H3,(H,22,23). The fraction of sp³-hybridized carbons (Fsp3) is 0.188. The fourth-order valence-corrected chi connectivity index (χ4v) is 2.45. The first kappa shape index (κ1) is 19.5. The highest BCUT2D eigenvalue weighted by Crippen LogP contribution is 2.41. The molecule has 0 aliphatic carbocycles. The molecule has 2 aromatic carbocycles. The summed E-state index contributed by atoms with van der Waals surface area (Å²) in [6, 6.07) is 4.65. The van der Waals surface area contributed by atoms with Gasteiger partial charge < -0.3 is 9.84 Å². The molecule has 138 valence electrons. The molecule has 2 aromatic rings. The van der Waals surface area contributed by atoms with Gasteiger partial charge in [-0.05, 0) is 30.7 Å². The maximum Gasteiger partial charge on any atom is 0.416 e. The van der Waals surface area contributed by atoms with Crippen LogP contribution in [-0.2, 0) is 12.6 Å². The van der Waals surface area contributed by atoms with Crippen molar-refractivity contribution in [1.29, 1.82) is 0 Å². The summed E-state index contributed by atoms with van der Waals surface area (Å²) in [5, 5.41) is 20.1. The highest BCUT2D eigenvalue weighted by Gasteiger charge is 2.32. The predicted molar refractivity (Wildman–Crippen MR) is 86.0 cm³/mol. The average molecular weight is 390 g/mol. The maximum atomic E-state index is 12.7. The number of hydrogen-bond donors (Lipinski definition) is 1. The minimum absolute atomic E-state index is 0.258. The summed E-state index contributed by atoms with van der Waals surface area (Å²) in [7, 11) is 0. The van der Waals surface area contributed by atoms with E-state index in [9.17, 15) is 28.1 Å². The molecule has 0 fully saturated rings. The third-order valence-electron chi connectivity index (χ3n) is 3.48. The average Bonchev–Trinajstić information content (AvgIpc) is 2.54. The number of benzene rings is 2. The number of halogens is 4. The lowest BCUT2D eigenvalue weighted by Crippen LogP contribution is -2.07. The summed E-state index contributed by atoms with van der Waals surface area (Å²) in [5.41, 5.74) is -2.12. The van der Waals surface area contributed by atoms with E-state index in [1.54, 1.807) is 6.92 Å². The number of nitro benzene ring substituents is 1. The highest BCUT2D eigenvalue weighted by molar-refractivity contribution is 6.32. The Labute approximate surface area is 149 Å². The van der Waals surface area contributed by atoms with Gasteiger partial charge in [0.2, 0.25) is 5.75 Å². The Morgan fingerprint density at radius 2 is 1.96 bits per heavy atom. The molecule has 0 aliphatic rings. The second-order valence-electron chi connectivity index (χ2n) is 5.11. The van der Waals surface area contributed by atoms with E-state index in [0.717, 1.165) is 12.1 Å². The zero-order valence-corrected chi connectivity index (χ0v) is 13.9. The quantitative estimate of drug-likeness (QED) is 0.552. The number of nitrogens with zero attached hydrogens (tertiary/aromatic N) is 1. The molecule has 2 rings (SSSR count). The summed E-state index contributed by atoms with van der Waals surface area (Å²) < 4.78 is 43.5. The molecule has 0 amide bonds. The molecule has 0 saturated heterocycles. The smallest absolute Gasteiger partial charge is 0.416 e. The third-order valence-corrected chi connectivity index (χ3v) is 3.77. The number of nitro groups is 1. The van der Waals surface area contributed by atoms with E-state index in [1.165, 1.54) is 6.07 Å². The Kier molecular flexibility index (Phi) is 5.41. The lowest BCUT2D eigenvalue weighted by Gasteiger charge is -2.14. The normalized spacial score (nSPS) is 11.3. The number of aryl methyl sites for hydroxylation is 1. The summed E-state index contributed by atoms with van der Waals surface area (Å²) >= 11 is 5.80. The van der Waals surface area contributed by atoms with E-state index < -0.39 is 38.9 Å². The van der Waals surface area contributed by atoms with E-state index in [0.29, 0.717) is 17.7 Å². The SMILES string of the molecule is CCc1ccc(C(=O)O)c([N+](=O)[O-])c1Oc1ccc(C(F)(F)F)cc1Cl. The van der Waals surface area contributed by atoms with Gasteiger partial charge in [0, 0.05) is 5.56 Å². The van der Waals surface area contributed by atoms with Gasteiger partial charge in [-0.2, -0.15) is 13.2 Å². The van der Waals surface area contributed by atoms with Crippen LogP contribution < -0.4 is 4.74 Å². The van der Waals surface area contributed by atoms with E-state index in [-0.39, 0.29) is 17.9 Å². The third kappa shape index (κ3) is 3.88. The Balaban J connectivity index is 2.60. The minimum Gasteiger partial charge on any atom is -0.477 e. The molecule has 6 nitrogen and oxygen atoms in total. The van der Waals surface area contributed by atoms with Crippen molar-refractivity contribution in [2.45, 2.75) is 19.5 Å². The topological polar surface area (TPSA) is 89.7 Å². The second-order valence-corrected chi connectivity index (χ2v) is 5.52. The molecule has 0 bridgehead atoms. The zero-order valence-electron chi connectivity index (χ0n) is 13.1. The van der Waals surface area contributed by atoms with Gasteiger partial charge in [0.25, 0.3) is 0 Å². The highest BCUT2D eigenvalue weighted by atomic mass is 35.5.